The topological polar surface area (TPSA) is 131 Å². The van der Waals surface area contributed by atoms with Gasteiger partial charge in [0.2, 0.25) is 15.9 Å². The highest BCUT2D eigenvalue weighted by molar-refractivity contribution is 7.89. The van der Waals surface area contributed by atoms with Gasteiger partial charge in [-0.1, -0.05) is 12.1 Å². The first-order valence-electron chi connectivity index (χ1n) is 8.09. The van der Waals surface area contributed by atoms with Gasteiger partial charge in [-0.15, -0.1) is 6.58 Å². The van der Waals surface area contributed by atoms with Crippen molar-refractivity contribution in [2.24, 2.45) is 0 Å². The van der Waals surface area contributed by atoms with Crippen molar-refractivity contribution in [2.45, 2.75) is 24.8 Å². The number of nitrogens with one attached hydrogen (secondary N) is 3. The van der Waals surface area contributed by atoms with Crippen molar-refractivity contribution in [2.75, 3.05) is 19.7 Å². The van der Waals surface area contributed by atoms with E-state index in [9.17, 15) is 22.8 Å². The van der Waals surface area contributed by atoms with E-state index < -0.39 is 28.5 Å². The minimum Gasteiger partial charge on any atom is -0.452 e. The van der Waals surface area contributed by atoms with Crippen LogP contribution in [0.4, 0.5) is 0 Å². The zero-order valence-corrected chi connectivity index (χ0v) is 16.0. The van der Waals surface area contributed by atoms with E-state index in [1.54, 1.807) is 13.8 Å². The third-order valence-corrected chi connectivity index (χ3v) is 4.45. The second kappa shape index (κ2) is 10.4. The highest BCUT2D eigenvalue weighted by Gasteiger charge is 2.17. The third kappa shape index (κ3) is 8.01. The number of hydrogen-bond acceptors (Lipinski definition) is 6. The summed E-state index contributed by atoms with van der Waals surface area (Å²) >= 11 is 0. The SMILES string of the molecule is C=CCNS(=O)(=O)c1cccc(C(=O)OCC(=O)NCC(=O)NC(C)C)c1. The van der Waals surface area contributed by atoms with Gasteiger partial charge in [-0.3, -0.25) is 9.59 Å². The summed E-state index contributed by atoms with van der Waals surface area (Å²) in [6.07, 6.45) is 1.38. The molecule has 2 amide bonds. The molecule has 0 bridgehead atoms. The molecule has 1 aromatic rings. The van der Waals surface area contributed by atoms with E-state index in [1.807, 2.05) is 0 Å². The molecule has 0 atom stereocenters. The molecule has 0 fully saturated rings. The van der Waals surface area contributed by atoms with Crippen molar-refractivity contribution in [1.29, 1.82) is 0 Å². The number of amides is 2. The second-order valence-corrected chi connectivity index (χ2v) is 7.51. The lowest BCUT2D eigenvalue weighted by Crippen LogP contribution is -2.41. The summed E-state index contributed by atoms with van der Waals surface area (Å²) < 4.78 is 31.2. The van der Waals surface area contributed by atoms with Crippen molar-refractivity contribution in [3.05, 3.63) is 42.5 Å². The quantitative estimate of drug-likeness (QED) is 0.375. The zero-order valence-electron chi connectivity index (χ0n) is 15.2. The maximum absolute atomic E-state index is 12.0. The van der Waals surface area contributed by atoms with Crippen LogP contribution in [0.15, 0.2) is 41.8 Å². The van der Waals surface area contributed by atoms with Gasteiger partial charge in [0.1, 0.15) is 0 Å². The molecule has 0 unspecified atom stereocenters. The molecule has 0 aliphatic heterocycles. The molecular formula is C17H23N3O6S. The number of carbonyl (C=O) groups is 3. The van der Waals surface area contributed by atoms with Crippen molar-refractivity contribution in [3.8, 4) is 0 Å². The molecule has 0 spiro atoms. The first-order chi connectivity index (χ1) is 12.7. The molecule has 9 nitrogen and oxygen atoms in total. The Morgan fingerprint density at radius 1 is 1.22 bits per heavy atom. The monoisotopic (exact) mass is 397 g/mol. The molecule has 148 valence electrons. The van der Waals surface area contributed by atoms with E-state index in [-0.39, 0.29) is 35.5 Å². The molecule has 0 saturated carbocycles. The lowest BCUT2D eigenvalue weighted by molar-refractivity contribution is -0.128. The average molecular weight is 397 g/mol. The van der Waals surface area contributed by atoms with E-state index in [2.05, 4.69) is 21.9 Å². The van der Waals surface area contributed by atoms with Crippen molar-refractivity contribution >= 4 is 27.8 Å². The van der Waals surface area contributed by atoms with E-state index in [1.165, 1.54) is 24.3 Å². The van der Waals surface area contributed by atoms with Gasteiger partial charge in [0, 0.05) is 12.6 Å². The van der Waals surface area contributed by atoms with Gasteiger partial charge >= 0.3 is 5.97 Å². The van der Waals surface area contributed by atoms with Crippen molar-refractivity contribution in [3.63, 3.8) is 0 Å². The third-order valence-electron chi connectivity index (χ3n) is 3.03. The molecule has 0 aromatic heterocycles. The van der Waals surface area contributed by atoms with Gasteiger partial charge < -0.3 is 15.4 Å². The van der Waals surface area contributed by atoms with Gasteiger partial charge in [0.25, 0.3) is 5.91 Å². The van der Waals surface area contributed by atoms with E-state index in [4.69, 9.17) is 4.74 Å². The molecule has 0 saturated heterocycles. The molecule has 1 aromatic carbocycles. The van der Waals surface area contributed by atoms with Crippen LogP contribution in [0.3, 0.4) is 0 Å². The molecule has 3 N–H and O–H groups in total. The second-order valence-electron chi connectivity index (χ2n) is 5.74. The Bertz CT molecular complexity index is 805. The molecule has 27 heavy (non-hydrogen) atoms. The highest BCUT2D eigenvalue weighted by Crippen LogP contribution is 2.12. The number of hydrogen-bond donors (Lipinski definition) is 3. The van der Waals surface area contributed by atoms with Crippen LogP contribution in [-0.4, -0.2) is 51.9 Å². The highest BCUT2D eigenvalue weighted by atomic mass is 32.2. The number of rotatable bonds is 10. The fraction of sp³-hybridized carbons (Fsp3) is 0.353. The Balaban J connectivity index is 2.60. The molecule has 0 aliphatic rings. The van der Waals surface area contributed by atoms with Gasteiger partial charge in [-0.2, -0.15) is 0 Å². The minimum absolute atomic E-state index is 0.0261. The number of ether oxygens (including phenoxy) is 1. The first-order valence-corrected chi connectivity index (χ1v) is 9.58. The summed E-state index contributed by atoms with van der Waals surface area (Å²) in [5, 5.41) is 4.90. The predicted molar refractivity (Wildman–Crippen MR) is 98.4 cm³/mol. The largest absolute Gasteiger partial charge is 0.452 e. The van der Waals surface area contributed by atoms with Crippen LogP contribution < -0.4 is 15.4 Å². The van der Waals surface area contributed by atoms with Crippen LogP contribution >= 0.6 is 0 Å². The van der Waals surface area contributed by atoms with Crippen LogP contribution in [0.5, 0.6) is 0 Å². The van der Waals surface area contributed by atoms with Crippen LogP contribution in [0.2, 0.25) is 0 Å². The number of sulfonamides is 1. The van der Waals surface area contributed by atoms with Crippen LogP contribution in [0, 0.1) is 0 Å². The lowest BCUT2D eigenvalue weighted by Gasteiger charge is -2.10. The Morgan fingerprint density at radius 2 is 1.93 bits per heavy atom. The Labute approximate surface area is 158 Å². The lowest BCUT2D eigenvalue weighted by atomic mass is 10.2. The Kier molecular flexibility index (Phi) is 8.63. The summed E-state index contributed by atoms with van der Waals surface area (Å²) in [7, 11) is -3.79. The predicted octanol–water partition coefficient (Wildman–Crippen LogP) is -0.0515. The number of carbonyl (C=O) groups excluding carboxylic acids is 3. The maximum atomic E-state index is 12.0. The fourth-order valence-corrected chi connectivity index (χ4v) is 2.90. The molecule has 10 heteroatoms. The van der Waals surface area contributed by atoms with Crippen LogP contribution in [0.25, 0.3) is 0 Å². The average Bonchev–Trinajstić information content (AvgIpc) is 2.62. The summed E-state index contributed by atoms with van der Waals surface area (Å²) in [5.41, 5.74) is -0.0261. The van der Waals surface area contributed by atoms with E-state index in [0.717, 1.165) is 6.07 Å². The van der Waals surface area contributed by atoms with Gasteiger partial charge in [-0.25, -0.2) is 17.9 Å². The number of benzene rings is 1. The Morgan fingerprint density at radius 3 is 2.56 bits per heavy atom. The standard InChI is InChI=1S/C17H23N3O6S/c1-4-8-19-27(24,25)14-7-5-6-13(9-14)17(23)26-11-16(22)18-10-15(21)20-12(2)3/h4-7,9,12,19H,1,8,10-11H2,2-3H3,(H,18,22)(H,20,21). The van der Waals surface area contributed by atoms with E-state index in [0.29, 0.717) is 0 Å². The summed E-state index contributed by atoms with van der Waals surface area (Å²) in [4.78, 5) is 34.9. The Hall–Kier alpha value is -2.72. The van der Waals surface area contributed by atoms with Gasteiger partial charge in [0.05, 0.1) is 17.0 Å². The maximum Gasteiger partial charge on any atom is 0.338 e. The van der Waals surface area contributed by atoms with Gasteiger partial charge in [-0.05, 0) is 32.0 Å². The van der Waals surface area contributed by atoms with Crippen LogP contribution in [-0.2, 0) is 24.3 Å². The van der Waals surface area contributed by atoms with E-state index >= 15 is 0 Å². The minimum atomic E-state index is -3.79. The smallest absolute Gasteiger partial charge is 0.338 e. The molecule has 0 heterocycles. The molecule has 0 radical (unpaired) electrons. The zero-order chi connectivity index (χ0) is 20.4. The summed E-state index contributed by atoms with van der Waals surface area (Å²) in [6, 6.07) is 5.15. The normalized spacial score (nSPS) is 10.9. The first kappa shape index (κ1) is 22.3. The molecule has 0 aliphatic carbocycles. The van der Waals surface area contributed by atoms with Crippen molar-refractivity contribution in [1.82, 2.24) is 15.4 Å². The molecule has 1 rings (SSSR count). The van der Waals surface area contributed by atoms with Gasteiger partial charge in [0.15, 0.2) is 6.61 Å². The molecular weight excluding hydrogens is 374 g/mol. The number of esters is 1. The summed E-state index contributed by atoms with van der Waals surface area (Å²) in [6.45, 7) is 6.19. The van der Waals surface area contributed by atoms with Crippen molar-refractivity contribution < 1.29 is 27.5 Å². The summed E-state index contributed by atoms with van der Waals surface area (Å²) in [5.74, 6) is -1.88. The fourth-order valence-electron chi connectivity index (χ4n) is 1.86. The van der Waals surface area contributed by atoms with Crippen LogP contribution in [0.1, 0.15) is 24.2 Å².